The molecule has 2 rings (SSSR count). The van der Waals surface area contributed by atoms with Gasteiger partial charge in [0.2, 0.25) is 5.91 Å². The summed E-state index contributed by atoms with van der Waals surface area (Å²) in [5.41, 5.74) is -0.527. The average molecular weight is 334 g/mol. The molecule has 0 atom stereocenters. The van der Waals surface area contributed by atoms with Gasteiger partial charge >= 0.3 is 6.18 Å². The highest BCUT2D eigenvalue weighted by molar-refractivity contribution is 6.31. The van der Waals surface area contributed by atoms with Gasteiger partial charge in [0, 0.05) is 11.6 Å². The van der Waals surface area contributed by atoms with Crippen molar-refractivity contribution in [2.75, 3.05) is 0 Å². The SMILES string of the molecule is CC(C)c1cc(CNC(=O)C2(C(F)(F)F)CCC2)ccc1Cl. The molecular formula is C16H19ClF3NO. The van der Waals surface area contributed by atoms with Crippen LogP contribution in [0.4, 0.5) is 13.2 Å². The molecule has 1 aromatic rings. The molecule has 0 heterocycles. The molecule has 0 spiro atoms. The molecular weight excluding hydrogens is 315 g/mol. The Labute approximate surface area is 133 Å². The zero-order valence-corrected chi connectivity index (χ0v) is 13.3. The van der Waals surface area contributed by atoms with Crippen LogP contribution in [0.1, 0.15) is 50.2 Å². The first-order valence-electron chi connectivity index (χ1n) is 7.31. The molecule has 6 heteroatoms. The van der Waals surface area contributed by atoms with Crippen LogP contribution in [-0.2, 0) is 11.3 Å². The first kappa shape index (κ1) is 17.1. The zero-order valence-electron chi connectivity index (χ0n) is 12.6. The minimum atomic E-state index is -4.49. The number of halogens is 4. The Morgan fingerprint density at radius 2 is 2.00 bits per heavy atom. The maximum atomic E-state index is 13.1. The van der Waals surface area contributed by atoms with Crippen molar-refractivity contribution >= 4 is 17.5 Å². The second-order valence-corrected chi connectivity index (χ2v) is 6.53. The van der Waals surface area contributed by atoms with Gasteiger partial charge in [0.15, 0.2) is 0 Å². The Hall–Kier alpha value is -1.23. The van der Waals surface area contributed by atoms with Crippen LogP contribution >= 0.6 is 11.6 Å². The fourth-order valence-electron chi connectivity index (χ4n) is 2.67. The van der Waals surface area contributed by atoms with E-state index >= 15 is 0 Å². The number of alkyl halides is 3. The van der Waals surface area contributed by atoms with Crippen LogP contribution in [0.25, 0.3) is 0 Å². The van der Waals surface area contributed by atoms with Gasteiger partial charge in [-0.25, -0.2) is 0 Å². The largest absolute Gasteiger partial charge is 0.403 e. The lowest BCUT2D eigenvalue weighted by atomic mass is 9.67. The smallest absolute Gasteiger partial charge is 0.351 e. The average Bonchev–Trinajstić information content (AvgIpc) is 2.34. The minimum Gasteiger partial charge on any atom is -0.351 e. The third-order valence-electron chi connectivity index (χ3n) is 4.32. The molecule has 0 aliphatic heterocycles. The van der Waals surface area contributed by atoms with Crippen molar-refractivity contribution < 1.29 is 18.0 Å². The van der Waals surface area contributed by atoms with E-state index in [0.717, 1.165) is 11.1 Å². The van der Waals surface area contributed by atoms with Crippen molar-refractivity contribution in [2.45, 2.75) is 51.7 Å². The molecule has 122 valence electrons. The van der Waals surface area contributed by atoms with Crippen molar-refractivity contribution in [2.24, 2.45) is 5.41 Å². The molecule has 22 heavy (non-hydrogen) atoms. The van der Waals surface area contributed by atoms with Gasteiger partial charge in [-0.1, -0.05) is 44.0 Å². The van der Waals surface area contributed by atoms with E-state index in [0.29, 0.717) is 11.4 Å². The molecule has 1 saturated carbocycles. The van der Waals surface area contributed by atoms with Crippen LogP contribution in [0.2, 0.25) is 5.02 Å². The van der Waals surface area contributed by atoms with Gasteiger partial charge in [0.1, 0.15) is 5.41 Å². The molecule has 0 unspecified atom stereocenters. The number of nitrogens with one attached hydrogen (secondary N) is 1. The van der Waals surface area contributed by atoms with E-state index in [2.05, 4.69) is 5.32 Å². The van der Waals surface area contributed by atoms with Gasteiger partial charge in [-0.2, -0.15) is 13.2 Å². The molecule has 1 aliphatic carbocycles. The highest BCUT2D eigenvalue weighted by Gasteiger charge is 2.63. The Balaban J connectivity index is 2.07. The molecule has 1 amide bonds. The van der Waals surface area contributed by atoms with E-state index in [1.54, 1.807) is 12.1 Å². The summed E-state index contributed by atoms with van der Waals surface area (Å²) in [6.45, 7) is 4.04. The van der Waals surface area contributed by atoms with Crippen LogP contribution < -0.4 is 5.32 Å². The lowest BCUT2D eigenvalue weighted by Crippen LogP contribution is -2.54. The molecule has 1 aliphatic rings. The van der Waals surface area contributed by atoms with Gasteiger partial charge in [-0.15, -0.1) is 0 Å². The topological polar surface area (TPSA) is 29.1 Å². The maximum absolute atomic E-state index is 13.1. The number of carbonyl (C=O) groups is 1. The fraction of sp³-hybridized carbons (Fsp3) is 0.562. The summed E-state index contributed by atoms with van der Waals surface area (Å²) in [5, 5.41) is 3.05. The van der Waals surface area contributed by atoms with Gasteiger partial charge in [-0.3, -0.25) is 4.79 Å². The van der Waals surface area contributed by atoms with Crippen molar-refractivity contribution in [1.29, 1.82) is 0 Å². The van der Waals surface area contributed by atoms with E-state index in [9.17, 15) is 18.0 Å². The van der Waals surface area contributed by atoms with Crippen LogP contribution in [0, 0.1) is 5.41 Å². The number of hydrogen-bond donors (Lipinski definition) is 1. The van der Waals surface area contributed by atoms with Crippen LogP contribution in [-0.4, -0.2) is 12.1 Å². The van der Waals surface area contributed by atoms with E-state index in [1.807, 2.05) is 19.9 Å². The van der Waals surface area contributed by atoms with Crippen LogP contribution in [0.3, 0.4) is 0 Å². The summed E-state index contributed by atoms with van der Waals surface area (Å²) in [7, 11) is 0. The Morgan fingerprint density at radius 1 is 1.36 bits per heavy atom. The first-order chi connectivity index (χ1) is 10.2. The van der Waals surface area contributed by atoms with E-state index in [1.165, 1.54) is 0 Å². The van der Waals surface area contributed by atoms with E-state index < -0.39 is 17.5 Å². The van der Waals surface area contributed by atoms with Crippen molar-refractivity contribution in [1.82, 2.24) is 5.32 Å². The highest BCUT2D eigenvalue weighted by Crippen LogP contribution is 2.53. The van der Waals surface area contributed by atoms with Crippen molar-refractivity contribution in [3.63, 3.8) is 0 Å². The number of carbonyl (C=O) groups excluding carboxylic acids is 1. The molecule has 1 N–H and O–H groups in total. The summed E-state index contributed by atoms with van der Waals surface area (Å²) < 4.78 is 39.2. The number of amides is 1. The van der Waals surface area contributed by atoms with Crippen molar-refractivity contribution in [3.05, 3.63) is 34.3 Å². The third kappa shape index (κ3) is 3.09. The highest BCUT2D eigenvalue weighted by atomic mass is 35.5. The molecule has 0 bridgehead atoms. The summed E-state index contributed by atoms with van der Waals surface area (Å²) in [5.74, 6) is -0.719. The summed E-state index contributed by atoms with van der Waals surface area (Å²) in [6, 6.07) is 5.26. The Kier molecular flexibility index (Phi) is 4.76. The van der Waals surface area contributed by atoms with Gasteiger partial charge in [-0.05, 0) is 36.0 Å². The lowest BCUT2D eigenvalue weighted by Gasteiger charge is -2.41. The molecule has 1 fully saturated rings. The van der Waals surface area contributed by atoms with Gasteiger partial charge < -0.3 is 5.32 Å². The summed E-state index contributed by atoms with van der Waals surface area (Å²) >= 11 is 6.08. The van der Waals surface area contributed by atoms with Gasteiger partial charge in [0.25, 0.3) is 0 Å². The van der Waals surface area contributed by atoms with Crippen LogP contribution in [0.5, 0.6) is 0 Å². The number of benzene rings is 1. The Bertz CT molecular complexity index is 565. The maximum Gasteiger partial charge on any atom is 0.403 e. The molecule has 0 saturated heterocycles. The quantitative estimate of drug-likeness (QED) is 0.841. The van der Waals surface area contributed by atoms with Crippen LogP contribution in [0.15, 0.2) is 18.2 Å². The van der Waals surface area contributed by atoms with E-state index in [-0.39, 0.29) is 25.3 Å². The molecule has 2 nitrogen and oxygen atoms in total. The molecule has 1 aromatic carbocycles. The first-order valence-corrected chi connectivity index (χ1v) is 7.68. The van der Waals surface area contributed by atoms with Gasteiger partial charge in [0.05, 0.1) is 0 Å². The number of rotatable bonds is 4. The second kappa shape index (κ2) is 6.11. The van der Waals surface area contributed by atoms with Crippen molar-refractivity contribution in [3.8, 4) is 0 Å². The normalized spacial score (nSPS) is 17.2. The Morgan fingerprint density at radius 3 is 2.45 bits per heavy atom. The fourth-order valence-corrected chi connectivity index (χ4v) is 3.00. The monoisotopic (exact) mass is 333 g/mol. The second-order valence-electron chi connectivity index (χ2n) is 6.13. The summed E-state index contributed by atoms with van der Waals surface area (Å²) in [6.07, 6.45) is -4.30. The third-order valence-corrected chi connectivity index (χ3v) is 4.66. The van der Waals surface area contributed by atoms with E-state index in [4.69, 9.17) is 11.6 Å². The zero-order chi connectivity index (χ0) is 16.5. The molecule has 0 aromatic heterocycles. The molecule has 0 radical (unpaired) electrons. The predicted octanol–water partition coefficient (Wildman–Crippen LogP) is 4.81. The lowest BCUT2D eigenvalue weighted by molar-refractivity contribution is -0.243. The number of hydrogen-bond acceptors (Lipinski definition) is 1. The summed E-state index contributed by atoms with van der Waals surface area (Å²) in [4.78, 5) is 12.0. The minimum absolute atomic E-state index is 0.0769. The standard InChI is InChI=1S/C16H19ClF3NO/c1-10(2)12-8-11(4-5-13(12)17)9-21-14(22)15(6-3-7-15)16(18,19)20/h4-5,8,10H,3,6-7,9H2,1-2H3,(H,21,22). The predicted molar refractivity (Wildman–Crippen MR) is 79.7 cm³/mol.